The van der Waals surface area contributed by atoms with Crippen molar-refractivity contribution in [3.63, 3.8) is 0 Å². The van der Waals surface area contributed by atoms with Crippen LogP contribution >= 0.6 is 15.9 Å². The molecule has 0 unspecified atom stereocenters. The van der Waals surface area contributed by atoms with Crippen molar-refractivity contribution < 1.29 is 17.9 Å². The molecule has 3 rings (SSSR count). The van der Waals surface area contributed by atoms with Gasteiger partial charge in [-0.3, -0.25) is 4.79 Å². The van der Waals surface area contributed by atoms with Gasteiger partial charge in [-0.1, -0.05) is 40.2 Å². The fourth-order valence-electron chi connectivity index (χ4n) is 3.19. The maximum Gasteiger partial charge on any atom is 0.243 e. The third kappa shape index (κ3) is 5.88. The summed E-state index contributed by atoms with van der Waals surface area (Å²) in [4.78, 5) is 12.6. The molecule has 0 bridgehead atoms. The van der Waals surface area contributed by atoms with Gasteiger partial charge in [0.25, 0.3) is 0 Å². The van der Waals surface area contributed by atoms with Crippen LogP contribution in [0.25, 0.3) is 0 Å². The molecule has 8 heteroatoms. The second-order valence-electron chi connectivity index (χ2n) is 7.00. The zero-order valence-electron chi connectivity index (χ0n) is 16.3. The molecule has 1 saturated heterocycles. The number of aryl methyl sites for hydroxylation is 1. The number of nitrogens with one attached hydrogen (secondary N) is 1. The van der Waals surface area contributed by atoms with Crippen molar-refractivity contribution in [2.24, 2.45) is 0 Å². The van der Waals surface area contributed by atoms with Crippen LogP contribution < -0.4 is 5.32 Å². The molecule has 2 aromatic rings. The number of carbonyl (C=O) groups is 1. The second-order valence-corrected chi connectivity index (χ2v) is 9.86. The van der Waals surface area contributed by atoms with Crippen LogP contribution in [-0.2, 0) is 26.0 Å². The predicted molar refractivity (Wildman–Crippen MR) is 115 cm³/mol. The fourth-order valence-corrected chi connectivity index (χ4v) is 5.02. The number of benzene rings is 2. The number of hydrogen-bond donors (Lipinski definition) is 1. The first-order valence-corrected chi connectivity index (χ1v) is 11.8. The van der Waals surface area contributed by atoms with Gasteiger partial charge in [-0.2, -0.15) is 4.31 Å². The van der Waals surface area contributed by atoms with Crippen molar-refractivity contribution in [3.8, 4) is 0 Å². The van der Waals surface area contributed by atoms with Gasteiger partial charge in [0, 0.05) is 24.0 Å². The molecule has 0 saturated carbocycles. The second kappa shape index (κ2) is 9.84. The van der Waals surface area contributed by atoms with Crippen molar-refractivity contribution in [2.75, 3.05) is 26.3 Å². The van der Waals surface area contributed by atoms with Crippen LogP contribution in [0.1, 0.15) is 30.5 Å². The predicted octanol–water partition coefficient (Wildman–Crippen LogP) is 3.28. The minimum absolute atomic E-state index is 0.0394. The van der Waals surface area contributed by atoms with Crippen LogP contribution in [0.4, 0.5) is 0 Å². The normalized spacial score (nSPS) is 16.3. The van der Waals surface area contributed by atoms with Crippen molar-refractivity contribution in [1.82, 2.24) is 9.62 Å². The largest absolute Gasteiger partial charge is 0.379 e. The third-order valence-electron chi connectivity index (χ3n) is 4.90. The standard InChI is InChI=1S/C21H25BrN2O4S/c1-16(18-3-2-4-19(22)15-18)23-21(25)10-7-17-5-8-20(9-6-17)29(26,27)24-11-13-28-14-12-24/h2-6,8-9,15-16H,7,10-14H2,1H3,(H,23,25)/t16-/m1/s1. The lowest BCUT2D eigenvalue weighted by Gasteiger charge is -2.26. The minimum Gasteiger partial charge on any atom is -0.379 e. The lowest BCUT2D eigenvalue weighted by atomic mass is 10.1. The molecule has 1 aliphatic heterocycles. The molecule has 0 aromatic heterocycles. The molecule has 6 nitrogen and oxygen atoms in total. The van der Waals surface area contributed by atoms with Gasteiger partial charge in [0.1, 0.15) is 0 Å². The number of sulfonamides is 1. The van der Waals surface area contributed by atoms with Gasteiger partial charge in [-0.15, -0.1) is 0 Å². The topological polar surface area (TPSA) is 75.7 Å². The highest BCUT2D eigenvalue weighted by Crippen LogP contribution is 2.19. The van der Waals surface area contributed by atoms with Gasteiger partial charge in [-0.25, -0.2) is 8.42 Å². The molecule has 1 fully saturated rings. The average molecular weight is 481 g/mol. The Morgan fingerprint density at radius 1 is 1.17 bits per heavy atom. The Morgan fingerprint density at radius 3 is 2.52 bits per heavy atom. The molecule has 0 aliphatic carbocycles. The van der Waals surface area contributed by atoms with E-state index < -0.39 is 10.0 Å². The summed E-state index contributed by atoms with van der Waals surface area (Å²) in [7, 11) is -3.49. The Balaban J connectivity index is 1.54. The first-order valence-electron chi connectivity index (χ1n) is 9.58. The molecule has 0 spiro atoms. The van der Waals surface area contributed by atoms with Crippen molar-refractivity contribution >= 4 is 31.9 Å². The quantitative estimate of drug-likeness (QED) is 0.659. The van der Waals surface area contributed by atoms with E-state index in [0.29, 0.717) is 39.1 Å². The summed E-state index contributed by atoms with van der Waals surface area (Å²) < 4.78 is 32.9. The number of rotatable bonds is 7. The zero-order chi connectivity index (χ0) is 20.9. The van der Waals surface area contributed by atoms with E-state index in [4.69, 9.17) is 4.74 Å². The van der Waals surface area contributed by atoms with Crippen LogP contribution in [0.3, 0.4) is 0 Å². The summed E-state index contributed by atoms with van der Waals surface area (Å²) in [5.41, 5.74) is 1.96. The number of ether oxygens (including phenoxy) is 1. The van der Waals surface area contributed by atoms with Gasteiger partial charge in [-0.05, 0) is 48.7 Å². The Labute approximate surface area is 180 Å². The molecular formula is C21H25BrN2O4S. The van der Waals surface area contributed by atoms with Crippen LogP contribution in [0.15, 0.2) is 57.9 Å². The van der Waals surface area contributed by atoms with E-state index in [1.807, 2.05) is 31.2 Å². The van der Waals surface area contributed by atoms with Crippen LogP contribution in [0, 0.1) is 0 Å². The number of nitrogens with zero attached hydrogens (tertiary/aromatic N) is 1. The summed E-state index contributed by atoms with van der Waals surface area (Å²) in [6, 6.07) is 14.5. The maximum atomic E-state index is 12.6. The lowest BCUT2D eigenvalue weighted by molar-refractivity contribution is -0.121. The van der Waals surface area contributed by atoms with E-state index >= 15 is 0 Å². The zero-order valence-corrected chi connectivity index (χ0v) is 18.7. The highest BCUT2D eigenvalue weighted by Gasteiger charge is 2.26. The third-order valence-corrected chi connectivity index (χ3v) is 7.30. The summed E-state index contributed by atoms with van der Waals surface area (Å²) in [6.07, 6.45) is 0.892. The SMILES string of the molecule is C[C@@H](NC(=O)CCc1ccc(S(=O)(=O)N2CCOCC2)cc1)c1cccc(Br)c1. The van der Waals surface area contributed by atoms with Gasteiger partial charge in [0.15, 0.2) is 0 Å². The van der Waals surface area contributed by atoms with E-state index in [1.165, 1.54) is 4.31 Å². The summed E-state index contributed by atoms with van der Waals surface area (Å²) in [6.45, 7) is 3.54. The average Bonchev–Trinajstić information content (AvgIpc) is 2.73. The molecule has 1 heterocycles. The minimum atomic E-state index is -3.49. The molecular weight excluding hydrogens is 456 g/mol. The van der Waals surface area contributed by atoms with E-state index in [-0.39, 0.29) is 16.8 Å². The van der Waals surface area contributed by atoms with Gasteiger partial charge >= 0.3 is 0 Å². The number of amides is 1. The Morgan fingerprint density at radius 2 is 1.86 bits per heavy atom. The molecule has 29 heavy (non-hydrogen) atoms. The first-order chi connectivity index (χ1) is 13.9. The van der Waals surface area contributed by atoms with Crippen molar-refractivity contribution in [1.29, 1.82) is 0 Å². The van der Waals surface area contributed by atoms with Crippen LogP contribution in [-0.4, -0.2) is 44.9 Å². The fraction of sp³-hybridized carbons (Fsp3) is 0.381. The molecule has 1 aliphatic rings. The number of hydrogen-bond acceptors (Lipinski definition) is 4. The van der Waals surface area contributed by atoms with E-state index in [2.05, 4.69) is 21.2 Å². The highest BCUT2D eigenvalue weighted by atomic mass is 79.9. The Bertz CT molecular complexity index is 941. The monoisotopic (exact) mass is 480 g/mol. The molecule has 0 radical (unpaired) electrons. The maximum absolute atomic E-state index is 12.6. The van der Waals surface area contributed by atoms with Crippen molar-refractivity contribution in [3.05, 3.63) is 64.1 Å². The van der Waals surface area contributed by atoms with E-state index in [9.17, 15) is 13.2 Å². The highest BCUT2D eigenvalue weighted by molar-refractivity contribution is 9.10. The van der Waals surface area contributed by atoms with E-state index in [0.717, 1.165) is 15.6 Å². The molecule has 1 N–H and O–H groups in total. The lowest BCUT2D eigenvalue weighted by Crippen LogP contribution is -2.40. The molecule has 1 atom stereocenters. The van der Waals surface area contributed by atoms with E-state index in [1.54, 1.807) is 24.3 Å². The summed E-state index contributed by atoms with van der Waals surface area (Å²) >= 11 is 3.44. The number of halogens is 1. The Hall–Kier alpha value is -1.74. The van der Waals surface area contributed by atoms with Crippen LogP contribution in [0.5, 0.6) is 0 Å². The molecule has 156 valence electrons. The van der Waals surface area contributed by atoms with Gasteiger partial charge in [0.2, 0.25) is 15.9 Å². The molecule has 2 aromatic carbocycles. The van der Waals surface area contributed by atoms with Gasteiger partial charge in [0.05, 0.1) is 24.2 Å². The van der Waals surface area contributed by atoms with Crippen LogP contribution in [0.2, 0.25) is 0 Å². The molecule has 1 amide bonds. The van der Waals surface area contributed by atoms with Crippen molar-refractivity contribution in [2.45, 2.75) is 30.7 Å². The van der Waals surface area contributed by atoms with Gasteiger partial charge < -0.3 is 10.1 Å². The first kappa shape index (κ1) is 22.0. The number of carbonyl (C=O) groups excluding carboxylic acids is 1. The smallest absolute Gasteiger partial charge is 0.243 e. The summed E-state index contributed by atoms with van der Waals surface area (Å²) in [5, 5.41) is 3.00. The summed E-state index contributed by atoms with van der Waals surface area (Å²) in [5.74, 6) is -0.0394. The number of morpholine rings is 1. The Kier molecular flexibility index (Phi) is 7.45.